The highest BCUT2D eigenvalue weighted by Gasteiger charge is 2.33. The maximum absolute atomic E-state index is 12.6. The van der Waals surface area contributed by atoms with Crippen LogP contribution in [-0.4, -0.2) is 40.5 Å². The number of rotatable bonds is 6. The van der Waals surface area contributed by atoms with Gasteiger partial charge in [0.2, 0.25) is 5.91 Å². The lowest BCUT2D eigenvalue weighted by Crippen LogP contribution is -2.47. The van der Waals surface area contributed by atoms with Crippen LogP contribution in [0.2, 0.25) is 0 Å². The predicted octanol–water partition coefficient (Wildman–Crippen LogP) is 3.42. The number of anilines is 3. The van der Waals surface area contributed by atoms with Crippen molar-refractivity contribution >= 4 is 34.1 Å². The molecule has 1 aromatic carbocycles. The van der Waals surface area contributed by atoms with E-state index in [0.29, 0.717) is 24.0 Å². The van der Waals surface area contributed by atoms with Crippen molar-refractivity contribution in [1.29, 1.82) is 0 Å². The minimum absolute atomic E-state index is 0.00169. The molecule has 28 heavy (non-hydrogen) atoms. The number of amides is 1. The minimum atomic E-state index is -0.207. The van der Waals surface area contributed by atoms with Crippen molar-refractivity contribution in [3.63, 3.8) is 0 Å². The number of hydrogen-bond acceptors (Lipinski definition) is 5. The quantitative estimate of drug-likeness (QED) is 0.612. The SMILES string of the molecule is CC(C)CC1C(=O)Nc2c(NCCc3c[nH]c4ccccc34)ncnc2N1C. The Kier molecular flexibility index (Phi) is 4.90. The summed E-state index contributed by atoms with van der Waals surface area (Å²) in [5, 5.41) is 7.61. The maximum Gasteiger partial charge on any atom is 0.247 e. The molecule has 0 aliphatic carbocycles. The summed E-state index contributed by atoms with van der Waals surface area (Å²) in [5.74, 6) is 1.84. The van der Waals surface area contributed by atoms with Crippen molar-refractivity contribution in [2.75, 3.05) is 29.1 Å². The van der Waals surface area contributed by atoms with Crippen LogP contribution in [-0.2, 0) is 11.2 Å². The van der Waals surface area contributed by atoms with Crippen molar-refractivity contribution in [2.24, 2.45) is 5.92 Å². The standard InChI is InChI=1S/C21H26N6O/c1-13(2)10-17-21(28)26-18-19(24-12-25-20(18)27(17)3)22-9-8-14-11-23-16-7-5-4-6-15(14)16/h4-7,11-13,17,23H,8-10H2,1-3H3,(H,26,28)(H,22,24,25). The van der Waals surface area contributed by atoms with Gasteiger partial charge in [-0.1, -0.05) is 32.0 Å². The summed E-state index contributed by atoms with van der Waals surface area (Å²) >= 11 is 0. The summed E-state index contributed by atoms with van der Waals surface area (Å²) in [5.41, 5.74) is 3.06. The van der Waals surface area contributed by atoms with Crippen LogP contribution >= 0.6 is 0 Å². The molecular formula is C21H26N6O. The molecule has 0 spiro atoms. The van der Waals surface area contributed by atoms with E-state index in [1.807, 2.05) is 30.3 Å². The molecule has 1 atom stereocenters. The second-order valence-electron chi connectivity index (χ2n) is 7.70. The molecule has 0 radical (unpaired) electrons. The van der Waals surface area contributed by atoms with E-state index in [9.17, 15) is 4.79 Å². The topological polar surface area (TPSA) is 85.9 Å². The Labute approximate surface area is 164 Å². The Hall–Kier alpha value is -3.09. The normalized spacial score (nSPS) is 16.4. The summed E-state index contributed by atoms with van der Waals surface area (Å²) in [7, 11) is 1.92. The van der Waals surface area contributed by atoms with E-state index in [1.54, 1.807) is 6.33 Å². The van der Waals surface area contributed by atoms with E-state index in [1.165, 1.54) is 10.9 Å². The van der Waals surface area contributed by atoms with Gasteiger partial charge < -0.3 is 20.5 Å². The lowest BCUT2D eigenvalue weighted by molar-refractivity contribution is -0.118. The number of aromatic amines is 1. The zero-order chi connectivity index (χ0) is 19.7. The van der Waals surface area contributed by atoms with E-state index in [4.69, 9.17) is 0 Å². The van der Waals surface area contributed by atoms with Gasteiger partial charge in [0, 0.05) is 30.7 Å². The average Bonchev–Trinajstić information content (AvgIpc) is 3.09. The first-order valence-electron chi connectivity index (χ1n) is 9.72. The van der Waals surface area contributed by atoms with Gasteiger partial charge in [-0.3, -0.25) is 4.79 Å². The molecule has 2 aromatic heterocycles. The smallest absolute Gasteiger partial charge is 0.247 e. The van der Waals surface area contributed by atoms with Crippen molar-refractivity contribution in [3.8, 4) is 0 Å². The Bertz CT molecular complexity index is 995. The summed E-state index contributed by atoms with van der Waals surface area (Å²) in [4.78, 5) is 26.6. The van der Waals surface area contributed by atoms with Crippen LogP contribution in [0.25, 0.3) is 10.9 Å². The van der Waals surface area contributed by atoms with Crippen LogP contribution in [0.3, 0.4) is 0 Å². The zero-order valence-corrected chi connectivity index (χ0v) is 16.5. The molecule has 0 saturated heterocycles. The molecule has 7 heteroatoms. The summed E-state index contributed by atoms with van der Waals surface area (Å²) < 4.78 is 0. The van der Waals surface area contributed by atoms with Gasteiger partial charge in [0.05, 0.1) is 0 Å². The molecule has 3 aromatic rings. The van der Waals surface area contributed by atoms with Gasteiger partial charge in [0.1, 0.15) is 18.1 Å². The summed E-state index contributed by atoms with van der Waals surface area (Å²) in [6.07, 6.45) is 5.23. The van der Waals surface area contributed by atoms with Crippen molar-refractivity contribution in [2.45, 2.75) is 32.7 Å². The number of benzene rings is 1. The summed E-state index contributed by atoms with van der Waals surface area (Å²) in [6, 6.07) is 8.07. The second-order valence-corrected chi connectivity index (χ2v) is 7.70. The molecule has 146 valence electrons. The monoisotopic (exact) mass is 378 g/mol. The number of carbonyl (C=O) groups is 1. The number of nitrogens with one attached hydrogen (secondary N) is 3. The molecule has 3 heterocycles. The number of fused-ring (bicyclic) bond motifs is 2. The first kappa shape index (κ1) is 18.3. The fourth-order valence-electron chi connectivity index (χ4n) is 3.79. The third-order valence-electron chi connectivity index (χ3n) is 5.24. The van der Waals surface area contributed by atoms with Crippen LogP contribution in [0.4, 0.5) is 17.3 Å². The molecule has 4 rings (SSSR count). The Balaban J connectivity index is 1.49. The largest absolute Gasteiger partial charge is 0.368 e. The minimum Gasteiger partial charge on any atom is -0.368 e. The molecular weight excluding hydrogens is 352 g/mol. The van der Waals surface area contributed by atoms with Gasteiger partial charge in [0.15, 0.2) is 11.6 Å². The van der Waals surface area contributed by atoms with Crippen LogP contribution in [0, 0.1) is 5.92 Å². The average molecular weight is 378 g/mol. The fourth-order valence-corrected chi connectivity index (χ4v) is 3.79. The molecule has 0 bridgehead atoms. The molecule has 0 saturated carbocycles. The molecule has 1 unspecified atom stereocenters. The predicted molar refractivity (Wildman–Crippen MR) is 113 cm³/mol. The number of likely N-dealkylation sites (N-methyl/N-ethyl adjacent to an activating group) is 1. The number of aromatic nitrogens is 3. The Morgan fingerprint density at radius 1 is 1.25 bits per heavy atom. The number of carbonyl (C=O) groups excluding carboxylic acids is 1. The first-order valence-corrected chi connectivity index (χ1v) is 9.72. The molecule has 1 aliphatic heterocycles. The van der Waals surface area contributed by atoms with Gasteiger partial charge in [-0.15, -0.1) is 0 Å². The van der Waals surface area contributed by atoms with Gasteiger partial charge in [0.25, 0.3) is 0 Å². The third-order valence-corrected chi connectivity index (χ3v) is 5.24. The van der Waals surface area contributed by atoms with E-state index >= 15 is 0 Å². The van der Waals surface area contributed by atoms with Crippen LogP contribution < -0.4 is 15.5 Å². The van der Waals surface area contributed by atoms with Gasteiger partial charge >= 0.3 is 0 Å². The maximum atomic E-state index is 12.6. The van der Waals surface area contributed by atoms with Crippen molar-refractivity contribution < 1.29 is 4.79 Å². The van der Waals surface area contributed by atoms with E-state index in [2.05, 4.69) is 51.6 Å². The fraction of sp³-hybridized carbons (Fsp3) is 0.381. The van der Waals surface area contributed by atoms with Crippen molar-refractivity contribution in [1.82, 2.24) is 15.0 Å². The lowest BCUT2D eigenvalue weighted by Gasteiger charge is -2.35. The summed E-state index contributed by atoms with van der Waals surface area (Å²) in [6.45, 7) is 4.95. The van der Waals surface area contributed by atoms with Crippen LogP contribution in [0.15, 0.2) is 36.8 Å². The number of H-pyrrole nitrogens is 1. The number of nitrogens with zero attached hydrogens (tertiary/aromatic N) is 3. The van der Waals surface area contributed by atoms with Gasteiger partial charge in [-0.2, -0.15) is 0 Å². The third kappa shape index (κ3) is 3.40. The highest BCUT2D eigenvalue weighted by Crippen LogP contribution is 2.35. The first-order chi connectivity index (χ1) is 13.5. The highest BCUT2D eigenvalue weighted by atomic mass is 16.2. The van der Waals surface area contributed by atoms with Gasteiger partial charge in [-0.05, 0) is 30.4 Å². The number of para-hydroxylation sites is 1. The van der Waals surface area contributed by atoms with E-state index < -0.39 is 0 Å². The van der Waals surface area contributed by atoms with E-state index in [-0.39, 0.29) is 11.9 Å². The molecule has 3 N–H and O–H groups in total. The lowest BCUT2D eigenvalue weighted by atomic mass is 10.0. The second kappa shape index (κ2) is 7.50. The van der Waals surface area contributed by atoms with E-state index in [0.717, 1.165) is 24.2 Å². The van der Waals surface area contributed by atoms with Crippen LogP contribution in [0.5, 0.6) is 0 Å². The Morgan fingerprint density at radius 2 is 2.07 bits per heavy atom. The molecule has 1 aliphatic rings. The van der Waals surface area contributed by atoms with Gasteiger partial charge in [-0.25, -0.2) is 9.97 Å². The molecule has 1 amide bonds. The Morgan fingerprint density at radius 3 is 2.89 bits per heavy atom. The van der Waals surface area contributed by atoms with Crippen LogP contribution in [0.1, 0.15) is 25.8 Å². The molecule has 0 fully saturated rings. The molecule has 7 nitrogen and oxygen atoms in total. The zero-order valence-electron chi connectivity index (χ0n) is 16.5. The number of hydrogen-bond donors (Lipinski definition) is 3. The highest BCUT2D eigenvalue weighted by molar-refractivity contribution is 6.05. The van der Waals surface area contributed by atoms with Crippen molar-refractivity contribution in [3.05, 3.63) is 42.4 Å².